The van der Waals surface area contributed by atoms with Gasteiger partial charge in [0, 0.05) is 11.8 Å². The highest BCUT2D eigenvalue weighted by Gasteiger charge is 2.61. The lowest BCUT2D eigenvalue weighted by Crippen LogP contribution is -2.32. The van der Waals surface area contributed by atoms with Gasteiger partial charge in [0.15, 0.2) is 0 Å². The van der Waals surface area contributed by atoms with Crippen LogP contribution in [0.1, 0.15) is 45.6 Å². The van der Waals surface area contributed by atoms with Crippen molar-refractivity contribution < 1.29 is 9.90 Å². The summed E-state index contributed by atoms with van der Waals surface area (Å²) in [5, 5.41) is 8.92. The topological polar surface area (TPSA) is 37.3 Å². The van der Waals surface area contributed by atoms with Crippen molar-refractivity contribution in [2.75, 3.05) is 0 Å². The predicted octanol–water partition coefficient (Wildman–Crippen LogP) is 4.10. The molecule has 2 heteroatoms. The Morgan fingerprint density at radius 1 is 1.21 bits per heavy atom. The molecule has 1 aromatic carbocycles. The van der Waals surface area contributed by atoms with Crippen molar-refractivity contribution in [2.24, 2.45) is 16.7 Å². The Hall–Kier alpha value is -1.31. The summed E-state index contributed by atoms with van der Waals surface area (Å²) in [5.74, 6) is 1.56. The molecule has 2 aliphatic carbocycles. The number of hydrogen-bond donors (Lipinski definition) is 1. The van der Waals surface area contributed by atoms with Crippen molar-refractivity contribution in [3.8, 4) is 5.75 Å². The largest absolute Gasteiger partial charge is 0.508 e. The van der Waals surface area contributed by atoms with Crippen molar-refractivity contribution in [3.05, 3.63) is 29.8 Å². The SMILES string of the molecule is CC12CCC(CC1=O)C2(C)C.Cc1ccccc1O. The highest BCUT2D eigenvalue weighted by molar-refractivity contribution is 5.89. The van der Waals surface area contributed by atoms with Crippen molar-refractivity contribution >= 4 is 5.78 Å². The number of aromatic hydroxyl groups is 1. The van der Waals surface area contributed by atoms with E-state index in [-0.39, 0.29) is 10.8 Å². The third-order valence-electron chi connectivity index (χ3n) is 5.60. The molecule has 2 atom stereocenters. The van der Waals surface area contributed by atoms with E-state index in [0.717, 1.165) is 18.4 Å². The van der Waals surface area contributed by atoms with Gasteiger partial charge >= 0.3 is 0 Å². The summed E-state index contributed by atoms with van der Waals surface area (Å²) in [6.45, 7) is 8.54. The van der Waals surface area contributed by atoms with Crippen LogP contribution < -0.4 is 0 Å². The van der Waals surface area contributed by atoms with Gasteiger partial charge < -0.3 is 5.11 Å². The number of phenolic OH excluding ortho intramolecular Hbond substituents is 1. The van der Waals surface area contributed by atoms with Crippen molar-refractivity contribution in [1.29, 1.82) is 0 Å². The summed E-state index contributed by atoms with van der Waals surface area (Å²) in [4.78, 5) is 11.6. The number of aryl methyl sites for hydroxylation is 1. The Labute approximate surface area is 115 Å². The Balaban J connectivity index is 0.000000148. The number of fused-ring (bicyclic) bond motifs is 2. The lowest BCUT2D eigenvalue weighted by molar-refractivity contribution is -0.128. The molecule has 2 bridgehead atoms. The minimum atomic E-state index is 0.0255. The van der Waals surface area contributed by atoms with Crippen molar-refractivity contribution in [3.63, 3.8) is 0 Å². The maximum Gasteiger partial charge on any atom is 0.139 e. The highest BCUT2D eigenvalue weighted by atomic mass is 16.3. The zero-order valence-corrected chi connectivity index (χ0v) is 12.4. The Morgan fingerprint density at radius 2 is 1.84 bits per heavy atom. The van der Waals surface area contributed by atoms with E-state index in [1.54, 1.807) is 6.07 Å². The van der Waals surface area contributed by atoms with E-state index in [1.807, 2.05) is 25.1 Å². The smallest absolute Gasteiger partial charge is 0.139 e. The van der Waals surface area contributed by atoms with Crippen LogP contribution >= 0.6 is 0 Å². The summed E-state index contributed by atoms with van der Waals surface area (Å²) in [6, 6.07) is 7.25. The summed E-state index contributed by atoms with van der Waals surface area (Å²) in [6.07, 6.45) is 3.25. The van der Waals surface area contributed by atoms with Crippen LogP contribution in [0.5, 0.6) is 5.75 Å². The average molecular weight is 260 g/mol. The Morgan fingerprint density at radius 3 is 2.11 bits per heavy atom. The molecular weight excluding hydrogens is 236 g/mol. The molecule has 2 aliphatic rings. The van der Waals surface area contributed by atoms with Gasteiger partial charge in [0.1, 0.15) is 11.5 Å². The molecule has 104 valence electrons. The number of rotatable bonds is 0. The van der Waals surface area contributed by atoms with Gasteiger partial charge in [-0.2, -0.15) is 0 Å². The number of carbonyl (C=O) groups excluding carboxylic acids is 1. The summed E-state index contributed by atoms with van der Waals surface area (Å²) in [5.41, 5.74) is 1.23. The number of Topliss-reactive ketones (excluding diaryl/α,β-unsaturated/α-hetero) is 1. The molecule has 0 aromatic heterocycles. The number of para-hydroxylation sites is 1. The molecule has 3 rings (SSSR count). The number of phenols is 1. The van der Waals surface area contributed by atoms with Crippen LogP contribution in [0, 0.1) is 23.7 Å². The van der Waals surface area contributed by atoms with Crippen LogP contribution in [0.15, 0.2) is 24.3 Å². The predicted molar refractivity (Wildman–Crippen MR) is 77.1 cm³/mol. The molecule has 0 saturated heterocycles. The molecule has 0 amide bonds. The van der Waals surface area contributed by atoms with E-state index < -0.39 is 0 Å². The normalized spacial score (nSPS) is 30.9. The zero-order chi connectivity index (χ0) is 14.3. The van der Waals surface area contributed by atoms with Gasteiger partial charge in [-0.3, -0.25) is 4.79 Å². The maximum atomic E-state index is 11.6. The Bertz CT molecular complexity index is 469. The van der Waals surface area contributed by atoms with Crippen molar-refractivity contribution in [2.45, 2.75) is 47.0 Å². The molecule has 2 saturated carbocycles. The fraction of sp³-hybridized carbons (Fsp3) is 0.588. The van der Waals surface area contributed by atoms with E-state index in [0.29, 0.717) is 17.5 Å². The van der Waals surface area contributed by atoms with Gasteiger partial charge in [0.2, 0.25) is 0 Å². The maximum absolute atomic E-state index is 11.6. The number of carbonyl (C=O) groups is 1. The lowest BCUT2D eigenvalue weighted by Gasteiger charge is -2.32. The third kappa shape index (κ3) is 2.18. The fourth-order valence-electron chi connectivity index (χ4n) is 3.46. The number of ketones is 1. The molecule has 0 spiro atoms. The fourth-order valence-corrected chi connectivity index (χ4v) is 3.46. The van der Waals surface area contributed by atoms with Crippen LogP contribution in [-0.4, -0.2) is 10.9 Å². The minimum absolute atomic E-state index is 0.0255. The molecule has 0 radical (unpaired) electrons. The molecule has 0 aliphatic heterocycles. The highest BCUT2D eigenvalue weighted by Crippen LogP contribution is 2.63. The molecule has 19 heavy (non-hydrogen) atoms. The summed E-state index contributed by atoms with van der Waals surface area (Å²) in [7, 11) is 0. The number of hydrogen-bond acceptors (Lipinski definition) is 2. The second-order valence-electron chi connectivity index (χ2n) is 6.70. The molecule has 1 aromatic rings. The van der Waals surface area contributed by atoms with Crippen LogP contribution in [0.4, 0.5) is 0 Å². The second-order valence-corrected chi connectivity index (χ2v) is 6.70. The summed E-state index contributed by atoms with van der Waals surface area (Å²) < 4.78 is 0. The van der Waals surface area contributed by atoms with Gasteiger partial charge in [0.05, 0.1) is 0 Å². The molecular formula is C17H24O2. The van der Waals surface area contributed by atoms with Gasteiger partial charge in [0.25, 0.3) is 0 Å². The Kier molecular flexibility index (Phi) is 3.46. The first-order valence-corrected chi connectivity index (χ1v) is 7.07. The van der Waals surface area contributed by atoms with Crippen LogP contribution in [0.25, 0.3) is 0 Å². The van der Waals surface area contributed by atoms with Crippen LogP contribution in [0.3, 0.4) is 0 Å². The van der Waals surface area contributed by atoms with E-state index in [2.05, 4.69) is 20.8 Å². The first-order valence-electron chi connectivity index (χ1n) is 7.07. The van der Waals surface area contributed by atoms with E-state index in [4.69, 9.17) is 5.11 Å². The van der Waals surface area contributed by atoms with E-state index in [1.165, 1.54) is 6.42 Å². The zero-order valence-electron chi connectivity index (χ0n) is 12.4. The van der Waals surface area contributed by atoms with Gasteiger partial charge in [-0.15, -0.1) is 0 Å². The first kappa shape index (κ1) is 14.1. The summed E-state index contributed by atoms with van der Waals surface area (Å²) >= 11 is 0. The third-order valence-corrected chi connectivity index (χ3v) is 5.60. The van der Waals surface area contributed by atoms with E-state index in [9.17, 15) is 4.79 Å². The van der Waals surface area contributed by atoms with Gasteiger partial charge in [-0.25, -0.2) is 0 Å². The molecule has 2 nitrogen and oxygen atoms in total. The molecule has 2 unspecified atom stereocenters. The minimum Gasteiger partial charge on any atom is -0.508 e. The average Bonchev–Trinajstić information content (AvgIpc) is 2.67. The molecule has 2 fully saturated rings. The van der Waals surface area contributed by atoms with Crippen LogP contribution in [0.2, 0.25) is 0 Å². The van der Waals surface area contributed by atoms with E-state index >= 15 is 0 Å². The first-order chi connectivity index (χ1) is 8.79. The number of benzene rings is 1. The quantitative estimate of drug-likeness (QED) is 0.762. The van der Waals surface area contributed by atoms with Gasteiger partial charge in [-0.1, -0.05) is 39.0 Å². The molecule has 0 heterocycles. The van der Waals surface area contributed by atoms with Gasteiger partial charge in [-0.05, 0) is 42.7 Å². The molecule has 1 N–H and O–H groups in total. The lowest BCUT2D eigenvalue weighted by atomic mass is 9.70. The monoisotopic (exact) mass is 260 g/mol. The standard InChI is InChI=1S/C10H16O.C7H8O/c1-9(2)7-4-5-10(9,3)8(11)6-7;1-6-4-2-3-5-7(6)8/h7H,4-6H2,1-3H3;2-5,8H,1H3. The second kappa shape index (κ2) is 4.66. The van der Waals surface area contributed by atoms with Crippen LogP contribution in [-0.2, 0) is 4.79 Å². The van der Waals surface area contributed by atoms with Crippen molar-refractivity contribution in [1.82, 2.24) is 0 Å².